The third kappa shape index (κ3) is 3.37. The first-order valence-electron chi connectivity index (χ1n) is 6.18. The van der Waals surface area contributed by atoms with Crippen LogP contribution in [0.5, 0.6) is 0 Å². The van der Waals surface area contributed by atoms with Crippen molar-refractivity contribution in [3.05, 3.63) is 34.9 Å². The van der Waals surface area contributed by atoms with E-state index in [1.165, 1.54) is 5.56 Å². The quantitative estimate of drug-likeness (QED) is 0.857. The van der Waals surface area contributed by atoms with E-state index in [1.807, 2.05) is 29.2 Å². The Morgan fingerprint density at radius 1 is 1.44 bits per heavy atom. The lowest BCUT2D eigenvalue weighted by Crippen LogP contribution is -2.35. The lowest BCUT2D eigenvalue weighted by molar-refractivity contribution is 0.217. The Morgan fingerprint density at radius 3 is 2.78 bits per heavy atom. The third-order valence-electron chi connectivity index (χ3n) is 3.15. The molecule has 5 heteroatoms. The molecule has 1 atom stereocenters. The highest BCUT2D eigenvalue weighted by Crippen LogP contribution is 2.15. The number of nitrogens with one attached hydrogen (secondary N) is 2. The number of carbonyl (C=O) groups is 1. The molecule has 2 amide bonds. The van der Waals surface area contributed by atoms with Gasteiger partial charge in [-0.15, -0.1) is 0 Å². The van der Waals surface area contributed by atoms with Crippen molar-refractivity contribution in [3.63, 3.8) is 0 Å². The highest BCUT2D eigenvalue weighted by atomic mass is 35.5. The smallest absolute Gasteiger partial charge is 0.317 e. The molecule has 0 aromatic heterocycles. The number of carbonyl (C=O) groups excluding carboxylic acids is 1. The zero-order valence-corrected chi connectivity index (χ0v) is 11.2. The number of hydrogen-bond donors (Lipinski definition) is 2. The zero-order valence-electron chi connectivity index (χ0n) is 10.4. The van der Waals surface area contributed by atoms with Gasteiger partial charge in [0.1, 0.15) is 0 Å². The van der Waals surface area contributed by atoms with Crippen LogP contribution < -0.4 is 10.6 Å². The van der Waals surface area contributed by atoms with Crippen LogP contribution in [-0.4, -0.2) is 37.1 Å². The molecule has 0 saturated carbocycles. The molecule has 2 N–H and O–H groups in total. The van der Waals surface area contributed by atoms with Gasteiger partial charge in [-0.05, 0) is 24.6 Å². The maximum atomic E-state index is 11.3. The average Bonchev–Trinajstić information content (AvgIpc) is 2.76. The number of urea groups is 1. The highest BCUT2D eigenvalue weighted by molar-refractivity contribution is 6.30. The second-order valence-corrected chi connectivity index (χ2v) is 4.88. The van der Waals surface area contributed by atoms with Crippen LogP contribution in [0.2, 0.25) is 5.02 Å². The summed E-state index contributed by atoms with van der Waals surface area (Å²) >= 11 is 5.85. The van der Waals surface area contributed by atoms with Crippen molar-refractivity contribution in [1.29, 1.82) is 0 Å². The van der Waals surface area contributed by atoms with Crippen molar-refractivity contribution in [1.82, 2.24) is 15.5 Å². The zero-order chi connectivity index (χ0) is 13.0. The summed E-state index contributed by atoms with van der Waals surface area (Å²) in [6.45, 7) is 5.19. The van der Waals surface area contributed by atoms with Crippen LogP contribution in [-0.2, 0) is 0 Å². The van der Waals surface area contributed by atoms with Crippen LogP contribution in [0.3, 0.4) is 0 Å². The minimum absolute atomic E-state index is 0.0379. The molecular formula is C13H18ClN3O. The monoisotopic (exact) mass is 267 g/mol. The number of benzene rings is 1. The summed E-state index contributed by atoms with van der Waals surface area (Å²) in [4.78, 5) is 13.2. The predicted octanol–water partition coefficient (Wildman–Crippen LogP) is 2.02. The van der Waals surface area contributed by atoms with Gasteiger partial charge in [0.25, 0.3) is 0 Å². The maximum absolute atomic E-state index is 11.3. The number of nitrogens with zero attached hydrogens (tertiary/aromatic N) is 1. The summed E-state index contributed by atoms with van der Waals surface area (Å²) in [7, 11) is 0. The second-order valence-electron chi connectivity index (χ2n) is 4.45. The molecule has 2 rings (SSSR count). The number of amides is 2. The van der Waals surface area contributed by atoms with Gasteiger partial charge in [0.2, 0.25) is 0 Å². The summed E-state index contributed by atoms with van der Waals surface area (Å²) in [5, 5.41) is 6.94. The lowest BCUT2D eigenvalue weighted by Gasteiger charge is -2.18. The first-order chi connectivity index (χ1) is 8.66. The molecule has 1 aromatic rings. The molecule has 1 unspecified atom stereocenters. The Bertz CT molecular complexity index is 407. The largest absolute Gasteiger partial charge is 0.336 e. The van der Waals surface area contributed by atoms with Crippen LogP contribution in [0.15, 0.2) is 24.3 Å². The van der Waals surface area contributed by atoms with E-state index in [2.05, 4.69) is 17.6 Å². The van der Waals surface area contributed by atoms with Crippen molar-refractivity contribution < 1.29 is 4.79 Å². The van der Waals surface area contributed by atoms with Gasteiger partial charge in [-0.3, -0.25) is 0 Å². The van der Waals surface area contributed by atoms with Gasteiger partial charge in [-0.25, -0.2) is 4.79 Å². The molecule has 0 aliphatic carbocycles. The van der Waals surface area contributed by atoms with Crippen LogP contribution in [0.25, 0.3) is 0 Å². The molecule has 1 heterocycles. The Balaban J connectivity index is 1.76. The van der Waals surface area contributed by atoms with Crippen molar-refractivity contribution in [2.45, 2.75) is 13.0 Å². The van der Waals surface area contributed by atoms with Crippen molar-refractivity contribution in [2.75, 3.05) is 26.2 Å². The molecule has 1 aliphatic heterocycles. The molecule has 1 aliphatic rings. The fourth-order valence-corrected chi connectivity index (χ4v) is 2.14. The second kappa shape index (κ2) is 6.07. The number of hydrogen-bond acceptors (Lipinski definition) is 2. The van der Waals surface area contributed by atoms with E-state index in [4.69, 9.17) is 11.6 Å². The van der Waals surface area contributed by atoms with Crippen molar-refractivity contribution >= 4 is 17.6 Å². The molecule has 0 spiro atoms. The van der Waals surface area contributed by atoms with Gasteiger partial charge in [-0.2, -0.15) is 0 Å². The summed E-state index contributed by atoms with van der Waals surface area (Å²) in [6, 6.07) is 8.11. The van der Waals surface area contributed by atoms with Gasteiger partial charge in [0.05, 0.1) is 0 Å². The van der Waals surface area contributed by atoms with Crippen LogP contribution in [0.4, 0.5) is 4.79 Å². The molecule has 1 saturated heterocycles. The van der Waals surface area contributed by atoms with E-state index >= 15 is 0 Å². The van der Waals surface area contributed by atoms with Crippen molar-refractivity contribution in [2.24, 2.45) is 0 Å². The maximum Gasteiger partial charge on any atom is 0.317 e. The fourth-order valence-electron chi connectivity index (χ4n) is 2.01. The summed E-state index contributed by atoms with van der Waals surface area (Å²) in [6.07, 6.45) is 0. The Kier molecular flexibility index (Phi) is 4.44. The number of rotatable bonds is 5. The van der Waals surface area contributed by atoms with Gasteiger partial charge in [0.15, 0.2) is 0 Å². The van der Waals surface area contributed by atoms with E-state index in [-0.39, 0.29) is 12.1 Å². The topological polar surface area (TPSA) is 44.4 Å². The van der Waals surface area contributed by atoms with Gasteiger partial charge < -0.3 is 15.5 Å². The molecular weight excluding hydrogens is 250 g/mol. The normalized spacial score (nSPS) is 16.8. The molecule has 0 bridgehead atoms. The fraction of sp³-hybridized carbons (Fsp3) is 0.462. The van der Waals surface area contributed by atoms with Crippen molar-refractivity contribution in [3.8, 4) is 0 Å². The highest BCUT2D eigenvalue weighted by Gasteiger charge is 2.18. The van der Waals surface area contributed by atoms with Gasteiger partial charge >= 0.3 is 6.03 Å². The van der Waals surface area contributed by atoms with Crippen LogP contribution >= 0.6 is 11.6 Å². The van der Waals surface area contributed by atoms with Crippen LogP contribution in [0, 0.1) is 0 Å². The minimum Gasteiger partial charge on any atom is -0.336 e. The summed E-state index contributed by atoms with van der Waals surface area (Å²) < 4.78 is 0. The average molecular weight is 268 g/mol. The molecule has 18 heavy (non-hydrogen) atoms. The molecule has 1 fully saturated rings. The number of halogens is 1. The Labute approximate surface area is 112 Å². The van der Waals surface area contributed by atoms with E-state index in [9.17, 15) is 4.79 Å². The predicted molar refractivity (Wildman–Crippen MR) is 72.8 cm³/mol. The van der Waals surface area contributed by atoms with E-state index < -0.39 is 0 Å². The molecule has 1 aromatic carbocycles. The van der Waals surface area contributed by atoms with Gasteiger partial charge in [-0.1, -0.05) is 23.7 Å². The summed E-state index contributed by atoms with van der Waals surface area (Å²) in [5.74, 6) is 0. The first-order valence-corrected chi connectivity index (χ1v) is 6.56. The molecule has 0 radical (unpaired) electrons. The van der Waals surface area contributed by atoms with Crippen LogP contribution in [0.1, 0.15) is 18.5 Å². The van der Waals surface area contributed by atoms with E-state index in [0.717, 1.165) is 31.2 Å². The SMILES string of the molecule is CC(NCCN1CCNC1=O)c1ccc(Cl)cc1. The lowest BCUT2D eigenvalue weighted by atomic mass is 10.1. The first kappa shape index (κ1) is 13.2. The standard InChI is InChI=1S/C13H18ClN3O/c1-10(11-2-4-12(14)5-3-11)15-6-8-17-9-7-16-13(17)18/h2-5,10,15H,6-9H2,1H3,(H,16,18). The third-order valence-corrected chi connectivity index (χ3v) is 3.40. The van der Waals surface area contributed by atoms with E-state index in [1.54, 1.807) is 0 Å². The molecule has 4 nitrogen and oxygen atoms in total. The Hall–Kier alpha value is -1.26. The van der Waals surface area contributed by atoms with E-state index in [0.29, 0.717) is 0 Å². The van der Waals surface area contributed by atoms with Gasteiger partial charge in [0, 0.05) is 37.2 Å². The Morgan fingerprint density at radius 2 is 2.17 bits per heavy atom. The minimum atomic E-state index is 0.0379. The molecule has 98 valence electrons. The summed E-state index contributed by atoms with van der Waals surface area (Å²) in [5.41, 5.74) is 1.20.